The molecule has 0 spiro atoms. The smallest absolute Gasteiger partial charge is 0.375 e. The highest BCUT2D eigenvalue weighted by molar-refractivity contribution is 6.11. The predicted octanol–water partition coefficient (Wildman–Crippen LogP) is 5.46. The Labute approximate surface area is 386 Å². The predicted molar refractivity (Wildman–Crippen MR) is 240 cm³/mol. The molecule has 4 amide bonds. The summed E-state index contributed by atoms with van der Waals surface area (Å²) in [6, 6.07) is 2.45. The minimum absolute atomic E-state index is 0.117. The van der Waals surface area contributed by atoms with E-state index in [0.717, 1.165) is 34.4 Å². The van der Waals surface area contributed by atoms with Crippen LogP contribution in [0.25, 0.3) is 0 Å². The number of allylic oxidation sites excluding steroid dienone is 12. The number of fused-ring (bicyclic) bond motifs is 4. The van der Waals surface area contributed by atoms with E-state index in [-0.39, 0.29) is 13.1 Å². The number of ether oxygens (including phenoxy) is 2. The van der Waals surface area contributed by atoms with Crippen molar-refractivity contribution in [2.45, 2.75) is 115 Å². The van der Waals surface area contributed by atoms with Crippen LogP contribution in [0.15, 0.2) is 95.2 Å². The van der Waals surface area contributed by atoms with Crippen molar-refractivity contribution in [2.75, 3.05) is 18.0 Å². The summed E-state index contributed by atoms with van der Waals surface area (Å²) in [5.74, 6) is -6.15. The zero-order chi connectivity index (χ0) is 49.0. The maximum atomic E-state index is 14.9. The van der Waals surface area contributed by atoms with E-state index in [2.05, 4.69) is 0 Å². The van der Waals surface area contributed by atoms with Crippen molar-refractivity contribution in [2.24, 2.45) is 51.5 Å². The summed E-state index contributed by atoms with van der Waals surface area (Å²) >= 11 is 0. The highest BCUT2D eigenvalue weighted by atomic mass is 19.4. The van der Waals surface area contributed by atoms with Crippen LogP contribution in [0.4, 0.5) is 28.4 Å². The van der Waals surface area contributed by atoms with Crippen molar-refractivity contribution in [1.82, 2.24) is 9.80 Å². The quantitative estimate of drug-likeness (QED) is 0.143. The summed E-state index contributed by atoms with van der Waals surface area (Å²) < 4.78 is 53.1. The average molecular weight is 930 g/mol. The van der Waals surface area contributed by atoms with Crippen LogP contribution in [0, 0.1) is 28.6 Å². The van der Waals surface area contributed by atoms with Gasteiger partial charge in [0.25, 0.3) is 0 Å². The van der Waals surface area contributed by atoms with Crippen LogP contribution in [-0.4, -0.2) is 93.6 Å². The molecule has 4 unspecified atom stereocenters. The summed E-state index contributed by atoms with van der Waals surface area (Å²) in [6.07, 6.45) is 9.40. The Morgan fingerprint density at radius 1 is 0.642 bits per heavy atom. The molecule has 1 aromatic rings. The molecule has 3 saturated heterocycles. The third-order valence-electron chi connectivity index (χ3n) is 16.7. The van der Waals surface area contributed by atoms with Crippen LogP contribution >= 0.6 is 0 Å². The van der Waals surface area contributed by atoms with Gasteiger partial charge in [-0.05, 0) is 91.5 Å². The van der Waals surface area contributed by atoms with Crippen molar-refractivity contribution < 1.29 is 51.4 Å². The van der Waals surface area contributed by atoms with Gasteiger partial charge in [-0.1, -0.05) is 83.2 Å². The maximum Gasteiger partial charge on any atom is 0.416 e. The number of primary amides is 4. The van der Waals surface area contributed by atoms with Crippen molar-refractivity contribution in [3.8, 4) is 0 Å². The first-order valence-electron chi connectivity index (χ1n) is 22.6. The second kappa shape index (κ2) is 16.1. The molecule has 0 aromatic heterocycles. The van der Waals surface area contributed by atoms with Crippen LogP contribution in [-0.2, 0) is 34.8 Å². The number of anilines is 1. The molecule has 7 atom stereocenters. The van der Waals surface area contributed by atoms with E-state index < -0.39 is 111 Å². The van der Waals surface area contributed by atoms with E-state index >= 15 is 0 Å². The molecule has 4 bridgehead atoms. The van der Waals surface area contributed by atoms with E-state index in [4.69, 9.17) is 32.4 Å². The van der Waals surface area contributed by atoms with E-state index in [1.807, 2.05) is 67.4 Å². The average Bonchev–Trinajstić information content (AvgIpc) is 4.11. The summed E-state index contributed by atoms with van der Waals surface area (Å²) in [7, 11) is 0. The van der Waals surface area contributed by atoms with E-state index in [9.17, 15) is 41.9 Å². The third-order valence-corrected chi connectivity index (χ3v) is 16.7. The molecule has 15 nitrogen and oxygen atoms in total. The summed E-state index contributed by atoms with van der Waals surface area (Å²) in [5, 5.41) is 0. The number of likely N-dealkylation sites (tertiary alicyclic amines) is 2. The number of esters is 2. The Kier molecular flexibility index (Phi) is 11.4. The molecule has 67 heavy (non-hydrogen) atoms. The molecule has 1 aromatic carbocycles. The summed E-state index contributed by atoms with van der Waals surface area (Å²) in [4.78, 5) is 89.2. The number of hydrogen-bond donors (Lipinski definition) is 4. The number of carbonyl (C=O) groups excluding carboxylic acids is 6. The van der Waals surface area contributed by atoms with Gasteiger partial charge >= 0.3 is 30.3 Å². The maximum absolute atomic E-state index is 14.9. The fourth-order valence-electron chi connectivity index (χ4n) is 14.0. The second-order valence-corrected chi connectivity index (χ2v) is 20.3. The lowest BCUT2D eigenvalue weighted by Crippen LogP contribution is -2.77. The van der Waals surface area contributed by atoms with Crippen molar-refractivity contribution in [3.63, 3.8) is 0 Å². The molecule has 0 radical (unpaired) electrons. The van der Waals surface area contributed by atoms with Gasteiger partial charge in [0.15, 0.2) is 0 Å². The van der Waals surface area contributed by atoms with E-state index in [1.165, 1.54) is 12.1 Å². The number of hydrogen-bond acceptors (Lipinski definition) is 11. The molecule has 3 fully saturated rings. The highest BCUT2D eigenvalue weighted by Crippen LogP contribution is 2.60. The molecule has 3 aliphatic heterocycles. The molecule has 18 heteroatoms. The molecule has 8 rings (SSSR count). The number of nitrogens with zero attached hydrogens (tertiary/aromatic N) is 3. The first-order valence-corrected chi connectivity index (χ1v) is 22.6. The van der Waals surface area contributed by atoms with Crippen molar-refractivity contribution >= 4 is 41.6 Å². The number of nitrogens with two attached hydrogens (primary N) is 4. The van der Waals surface area contributed by atoms with Crippen LogP contribution in [0.1, 0.15) is 79.2 Å². The molecule has 7 aliphatic rings. The topological polar surface area (TPSA) is 235 Å². The Hall–Kier alpha value is -6.01. The van der Waals surface area contributed by atoms with Crippen LogP contribution in [0.3, 0.4) is 0 Å². The van der Waals surface area contributed by atoms with Crippen molar-refractivity contribution in [3.05, 3.63) is 101 Å². The Balaban J connectivity index is 1.32. The monoisotopic (exact) mass is 929 g/mol. The minimum Gasteiger partial charge on any atom is -0.375 e. The van der Waals surface area contributed by atoms with Gasteiger partial charge in [-0.25, -0.2) is 19.2 Å². The van der Waals surface area contributed by atoms with Crippen molar-refractivity contribution in [1.29, 1.82) is 0 Å². The lowest BCUT2D eigenvalue weighted by Gasteiger charge is -2.57. The van der Waals surface area contributed by atoms with Gasteiger partial charge in [-0.3, -0.25) is 19.4 Å². The molecule has 3 heterocycles. The van der Waals surface area contributed by atoms with Gasteiger partial charge in [0.05, 0.1) is 11.1 Å². The Morgan fingerprint density at radius 3 is 1.46 bits per heavy atom. The van der Waals surface area contributed by atoms with Crippen LogP contribution in [0.5, 0.6) is 0 Å². The standard InChI is InChI=1S/C49H58F3N7O8/c1-26-25-34(33-9-7-23-57(33)47(38(53)60,40(62)66-42(55)64)44(2,3)36-27-11-12-28(36)14-13-27)59(32-21-19-31(20-22-32)49(50,51)52)46(26,6)35-10-8-24-58(35)48(39(54)61,41(63)67-43(56)65)45(4,5)37-29-15-16-30(37)18-17-29/h11-22,26,33-37H,7-10,23-25H2,1-6H3,(H2,53,60)(H2,54,61)(H2,55,64)(H2,56,65)/t26?,33?,34?,35?,46-,47+,48+/m1/s1. The summed E-state index contributed by atoms with van der Waals surface area (Å²) in [6.45, 7) is 11.0. The van der Waals surface area contributed by atoms with E-state index in [0.29, 0.717) is 37.8 Å². The zero-order valence-electron chi connectivity index (χ0n) is 38.4. The fraction of sp³-hybridized carbons (Fsp3) is 0.510. The molecule has 8 N–H and O–H groups in total. The largest absolute Gasteiger partial charge is 0.416 e. The number of amides is 4. The van der Waals surface area contributed by atoms with Gasteiger partial charge in [-0.15, -0.1) is 0 Å². The normalized spacial score (nSPS) is 28.2. The first-order chi connectivity index (χ1) is 31.3. The van der Waals surface area contributed by atoms with Crippen LogP contribution in [0.2, 0.25) is 0 Å². The third kappa shape index (κ3) is 6.66. The van der Waals surface area contributed by atoms with Gasteiger partial charge in [0.1, 0.15) is 0 Å². The van der Waals surface area contributed by atoms with E-state index in [1.54, 1.807) is 37.5 Å². The molecule has 4 aliphatic carbocycles. The van der Waals surface area contributed by atoms with Gasteiger partial charge in [0, 0.05) is 59.6 Å². The lowest BCUT2D eigenvalue weighted by molar-refractivity contribution is -0.173. The lowest BCUT2D eigenvalue weighted by atomic mass is 9.60. The Bertz CT molecular complexity index is 2480. The summed E-state index contributed by atoms with van der Waals surface area (Å²) in [5.41, 5.74) is 18.0. The Morgan fingerprint density at radius 2 is 1.06 bits per heavy atom. The molecule has 358 valence electrons. The number of halogens is 3. The minimum atomic E-state index is -4.68. The number of benzene rings is 1. The van der Waals surface area contributed by atoms with Gasteiger partial charge in [0.2, 0.25) is 22.9 Å². The van der Waals surface area contributed by atoms with Gasteiger partial charge in [-0.2, -0.15) is 13.2 Å². The van der Waals surface area contributed by atoms with Gasteiger partial charge < -0.3 is 37.3 Å². The number of rotatable bonds is 13. The molecular weight excluding hydrogens is 872 g/mol. The highest BCUT2D eigenvalue weighted by Gasteiger charge is 2.72. The SMILES string of the molecule is CC1CC(C2CCCN2[C@@](C(N)=O)(C(=O)OC(N)=O)C(C)(C)C2C3=CC=C2C=C3)N(c2ccc(C(F)(F)F)cc2)[C@@]1(C)C1CCCN1[C@@](C(N)=O)(C(=O)OC(N)=O)C(C)(C)C1C2=CC=C1C=C2. The first kappa shape index (κ1) is 47.5. The van der Waals surface area contributed by atoms with Crippen LogP contribution < -0.4 is 27.8 Å². The molecular formula is C49H58F3N7O8. The number of carbonyl (C=O) groups is 6. The second-order valence-electron chi connectivity index (χ2n) is 20.3. The molecule has 0 saturated carbocycles. The fourth-order valence-corrected chi connectivity index (χ4v) is 14.0. The number of alkyl halides is 3. The zero-order valence-corrected chi connectivity index (χ0v) is 38.4.